The first kappa shape index (κ1) is 79.3. The number of allylic oxidation sites excluding steroid dienone is 1. The quantitative estimate of drug-likeness (QED) is 0.0808. The molecule has 0 bridgehead atoms. The maximum absolute atomic E-state index is 7.23. The van der Waals surface area contributed by atoms with Crippen LogP contribution in [0.5, 0.6) is 0 Å². The average molecular weight is 1680 g/mol. The Morgan fingerprint density at radius 1 is 0.229 bits per heavy atom. The van der Waals surface area contributed by atoms with E-state index in [9.17, 15) is 0 Å². The first-order valence-corrected chi connectivity index (χ1v) is 45.4. The van der Waals surface area contributed by atoms with Gasteiger partial charge >= 0.3 is 0 Å². The van der Waals surface area contributed by atoms with Gasteiger partial charge < -0.3 is 18.6 Å². The minimum absolute atomic E-state index is 0.354. The Morgan fingerprint density at radius 2 is 0.580 bits per heavy atom. The molecule has 2 aliphatic rings. The van der Waals surface area contributed by atoms with E-state index in [2.05, 4.69) is 488 Å². The summed E-state index contributed by atoms with van der Waals surface area (Å²) >= 11 is 0. The van der Waals surface area contributed by atoms with Gasteiger partial charge in [-0.15, -0.1) is 0 Å². The fourth-order valence-corrected chi connectivity index (χ4v) is 20.5. The third-order valence-electron chi connectivity index (χ3n) is 27.4. The molecule has 0 saturated heterocycles. The third kappa shape index (κ3) is 14.1. The third-order valence-corrected chi connectivity index (χ3v) is 27.4. The molecule has 0 spiro atoms. The van der Waals surface area contributed by atoms with Gasteiger partial charge in [0.1, 0.15) is 22.5 Å². The van der Waals surface area contributed by atoms with Crippen molar-refractivity contribution in [2.24, 2.45) is 0 Å². The highest BCUT2D eigenvalue weighted by atomic mass is 16.3. The normalized spacial score (nSPS) is 12.7. The van der Waals surface area contributed by atoms with E-state index in [1.54, 1.807) is 0 Å². The summed E-state index contributed by atoms with van der Waals surface area (Å²) in [6.45, 7) is 16.1. The lowest BCUT2D eigenvalue weighted by Crippen LogP contribution is -2.17. The molecule has 0 saturated carbocycles. The highest BCUT2D eigenvalue weighted by Gasteiger charge is 2.39. The van der Waals surface area contributed by atoms with Crippen LogP contribution in [0, 0.1) is 0 Å². The summed E-state index contributed by atoms with van der Waals surface area (Å²) in [5.74, 6) is 0.703. The Labute approximate surface area is 765 Å². The van der Waals surface area contributed by atoms with E-state index in [1.807, 2.05) is 18.2 Å². The molecule has 0 N–H and O–H groups in total. The molecule has 0 aliphatic heterocycles. The average Bonchev–Trinajstić information content (AvgIpc) is 1.58. The summed E-state index contributed by atoms with van der Waals surface area (Å²) in [5, 5.41) is 3.17. The van der Waals surface area contributed by atoms with Crippen LogP contribution in [0.3, 0.4) is 0 Å². The molecule has 4 heteroatoms. The van der Waals surface area contributed by atoms with Crippen molar-refractivity contribution in [2.75, 3.05) is 9.80 Å². The molecule has 2 aromatic heterocycles. The van der Waals surface area contributed by atoms with Crippen LogP contribution in [0.1, 0.15) is 68.2 Å². The number of furan rings is 2. The van der Waals surface area contributed by atoms with E-state index in [4.69, 9.17) is 8.83 Å². The second kappa shape index (κ2) is 32.5. The number of fused-ring (bicyclic) bond motifs is 10. The zero-order valence-corrected chi connectivity index (χ0v) is 73.7. The minimum atomic E-state index is -0.379. The predicted octanol–water partition coefficient (Wildman–Crippen LogP) is 35.9. The summed E-state index contributed by atoms with van der Waals surface area (Å²) < 4.78 is 13.6. The highest BCUT2D eigenvalue weighted by molar-refractivity contribution is 6.08. The lowest BCUT2D eigenvalue weighted by molar-refractivity contribution is 0.604. The molecular formula is C127H92N2O2. The zero-order valence-electron chi connectivity index (χ0n) is 73.7. The molecule has 0 atom stereocenters. The number of hydrogen-bond donors (Lipinski definition) is 0. The molecule has 19 aromatic carbocycles. The smallest absolute Gasteiger partial charge is 0.143 e. The standard InChI is InChI=1S/C127H92N2O2/c1-7-26-111-115-76-100(75-113(125(115)131-122(111)8-2)99-35-25-36-102(73-99)129(120-39-23-21-37-105(120)93-53-49-88(50-54-93)84-31-17-11-18-32-84)104-66-71-110-108-69-61-97(78-117(108)127(5,6)119(110)81-104)91-47-43-87(44-48-91)83-29-15-10-16-30-83)98-59-67-106(94-55-51-89(52-56-94)85-33-19-12-20-34-85)121(79-98)128(101-63-57-92(58-64-101)95-62-72-124-114(74-95)112-38-22-24-40-123(112)130-124)103-65-70-109-107-68-60-96(77-116(107)126(3,4)118(109)80-103)90-45-41-86(42-46-90)82-27-13-9-14-28-82/h7-81H,2H2,1,3-6H3/b26-7-. The molecule has 0 fully saturated rings. The van der Waals surface area contributed by atoms with Gasteiger partial charge in [-0.2, -0.15) is 0 Å². The number of anilines is 6. The van der Waals surface area contributed by atoms with Gasteiger partial charge in [0.05, 0.1) is 11.4 Å². The van der Waals surface area contributed by atoms with E-state index < -0.39 is 0 Å². The van der Waals surface area contributed by atoms with E-state index >= 15 is 0 Å². The lowest BCUT2D eigenvalue weighted by atomic mass is 9.81. The fourth-order valence-electron chi connectivity index (χ4n) is 20.5. The van der Waals surface area contributed by atoms with Gasteiger partial charge in [0.15, 0.2) is 0 Å². The van der Waals surface area contributed by atoms with Crippen LogP contribution in [0.25, 0.3) is 190 Å². The lowest BCUT2D eigenvalue weighted by Gasteiger charge is -2.30. The van der Waals surface area contributed by atoms with Gasteiger partial charge in [0.25, 0.3) is 0 Å². The summed E-state index contributed by atoms with van der Waals surface area (Å²) in [6.07, 6.45) is 6.13. The molecule has 2 heterocycles. The molecule has 4 nitrogen and oxygen atoms in total. The molecule has 0 unspecified atom stereocenters. The molecule has 23 rings (SSSR count). The first-order chi connectivity index (χ1) is 64.3. The molecule has 21 aromatic rings. The van der Waals surface area contributed by atoms with Crippen molar-refractivity contribution in [2.45, 2.75) is 45.4 Å². The first-order valence-electron chi connectivity index (χ1n) is 45.4. The minimum Gasteiger partial charge on any atom is -0.456 e. The largest absolute Gasteiger partial charge is 0.456 e. The number of benzene rings is 19. The highest BCUT2D eigenvalue weighted by Crippen LogP contribution is 2.57. The predicted molar refractivity (Wildman–Crippen MR) is 553 cm³/mol. The van der Waals surface area contributed by atoms with Crippen LogP contribution in [-0.2, 0) is 10.8 Å². The van der Waals surface area contributed by atoms with Gasteiger partial charge in [-0.05, 0) is 266 Å². The van der Waals surface area contributed by atoms with Crippen molar-refractivity contribution in [3.05, 3.63) is 483 Å². The second-order valence-corrected chi connectivity index (χ2v) is 35.8. The molecule has 0 radical (unpaired) electrons. The number of hydrogen-bond acceptors (Lipinski definition) is 4. The Morgan fingerprint density at radius 3 is 1.08 bits per heavy atom. The Bertz CT molecular complexity index is 8030. The zero-order chi connectivity index (χ0) is 88.0. The maximum Gasteiger partial charge on any atom is 0.143 e. The van der Waals surface area contributed by atoms with Crippen LogP contribution < -0.4 is 9.80 Å². The summed E-state index contributed by atoms with van der Waals surface area (Å²) in [4.78, 5) is 4.99. The van der Waals surface area contributed by atoms with E-state index in [0.29, 0.717) is 5.76 Å². The van der Waals surface area contributed by atoms with Crippen molar-refractivity contribution in [3.63, 3.8) is 0 Å². The molecule has 622 valence electrons. The maximum atomic E-state index is 7.23. The van der Waals surface area contributed by atoms with Gasteiger partial charge in [-0.1, -0.05) is 380 Å². The van der Waals surface area contributed by atoms with Crippen LogP contribution in [0.2, 0.25) is 0 Å². The van der Waals surface area contributed by atoms with E-state index in [1.165, 1.54) is 94.6 Å². The van der Waals surface area contributed by atoms with Gasteiger partial charge in [0.2, 0.25) is 0 Å². The Hall–Kier alpha value is -16.4. The topological polar surface area (TPSA) is 32.8 Å². The van der Waals surface area contributed by atoms with Crippen molar-refractivity contribution in [1.82, 2.24) is 0 Å². The van der Waals surface area contributed by atoms with Crippen LogP contribution in [0.4, 0.5) is 34.1 Å². The van der Waals surface area contributed by atoms with Crippen molar-refractivity contribution < 1.29 is 8.83 Å². The monoisotopic (exact) mass is 1680 g/mol. The molecule has 131 heavy (non-hydrogen) atoms. The van der Waals surface area contributed by atoms with Crippen LogP contribution >= 0.6 is 0 Å². The van der Waals surface area contributed by atoms with Crippen molar-refractivity contribution >= 4 is 79.2 Å². The Balaban J connectivity index is 0.688. The summed E-state index contributed by atoms with van der Waals surface area (Å²) in [5.41, 5.74) is 43.9. The van der Waals surface area contributed by atoms with Gasteiger partial charge in [-0.25, -0.2) is 0 Å². The number of rotatable bonds is 19. The van der Waals surface area contributed by atoms with Crippen LogP contribution in [-0.4, -0.2) is 0 Å². The second-order valence-electron chi connectivity index (χ2n) is 35.8. The van der Waals surface area contributed by atoms with Crippen molar-refractivity contribution in [3.8, 4) is 145 Å². The van der Waals surface area contributed by atoms with E-state index in [-0.39, 0.29) is 10.8 Å². The molecule has 2 aliphatic carbocycles. The summed E-state index contributed by atoms with van der Waals surface area (Å²) in [7, 11) is 0. The van der Waals surface area contributed by atoms with Crippen LogP contribution in [0.15, 0.2) is 458 Å². The van der Waals surface area contributed by atoms with Gasteiger partial charge in [0, 0.05) is 72.0 Å². The van der Waals surface area contributed by atoms with E-state index in [0.717, 1.165) is 145 Å². The number of nitrogens with zero attached hydrogens (tertiary/aromatic N) is 2. The molecular weight excluding hydrogens is 1590 g/mol. The number of para-hydroxylation sites is 2. The van der Waals surface area contributed by atoms with Crippen molar-refractivity contribution in [1.29, 1.82) is 0 Å². The molecule has 0 amide bonds. The Kier molecular flexibility index (Phi) is 19.6. The summed E-state index contributed by atoms with van der Waals surface area (Å²) in [6, 6.07) is 161. The van der Waals surface area contributed by atoms with Gasteiger partial charge in [-0.3, -0.25) is 0 Å². The fraction of sp³-hybridized carbons (Fsp3) is 0.0551. The SMILES string of the molecule is C=Cc1oc2c(-c3cccc(N(c4ccc5c(c4)C(C)(C)c4cc(-c6ccc(-c7ccccc7)cc6)ccc4-5)c4ccccc4-c4ccc(-c5ccccc5)cc4)c3)cc(-c3ccc(-c4ccc(-c5ccccc5)cc4)c(N(c4ccc(-c5ccc6oc7ccccc7c6c5)cc4)c4ccc5c(c4)C(C)(C)c4cc(-c6ccc(-c7ccccc7)cc6)ccc4-5)c3)cc2c1/C=C\C.